The molecule has 2 heterocycles. The number of oxazole rings is 1. The Morgan fingerprint density at radius 2 is 2.05 bits per heavy atom. The van der Waals surface area contributed by atoms with E-state index in [9.17, 15) is 4.39 Å². The molecule has 0 aliphatic rings. The van der Waals surface area contributed by atoms with Crippen LogP contribution in [0.3, 0.4) is 0 Å². The fourth-order valence-electron chi connectivity index (χ4n) is 1.87. The first-order chi connectivity index (χ1) is 10.8. The Kier molecular flexibility index (Phi) is 4.74. The van der Waals surface area contributed by atoms with Crippen LogP contribution in [-0.2, 0) is 12.3 Å². The maximum absolute atomic E-state index is 12.4. The minimum Gasteiger partial charge on any atom is -0.431 e. The molecule has 0 amide bonds. The van der Waals surface area contributed by atoms with Crippen LogP contribution in [0.25, 0.3) is 11.3 Å². The average Bonchev–Trinajstić information content (AvgIpc) is 3.16. The Bertz CT molecular complexity index is 743. The number of benzene rings is 1. The van der Waals surface area contributed by atoms with E-state index in [-0.39, 0.29) is 6.54 Å². The van der Waals surface area contributed by atoms with E-state index in [1.165, 1.54) is 22.8 Å². The van der Waals surface area contributed by atoms with Crippen LogP contribution < -0.4 is 0 Å². The van der Waals surface area contributed by atoms with Crippen LogP contribution in [0.5, 0.6) is 0 Å². The molecule has 0 radical (unpaired) electrons. The molecule has 0 N–H and O–H groups in total. The molecular weight excluding hydrogens is 327 g/mol. The van der Waals surface area contributed by atoms with E-state index < -0.39 is 6.67 Å². The minimum absolute atomic E-state index is 0.206. The summed E-state index contributed by atoms with van der Waals surface area (Å²) in [5.74, 6) is 1.87. The lowest BCUT2D eigenvalue weighted by molar-refractivity contribution is 0.421. The number of thioether (sulfide) groups is 1. The molecule has 0 fully saturated rings. The van der Waals surface area contributed by atoms with Gasteiger partial charge in [-0.05, 0) is 24.3 Å². The first kappa shape index (κ1) is 15.1. The van der Waals surface area contributed by atoms with Gasteiger partial charge in [-0.15, -0.1) is 0 Å². The van der Waals surface area contributed by atoms with Crippen LogP contribution in [-0.4, -0.2) is 26.4 Å². The van der Waals surface area contributed by atoms with Gasteiger partial charge in [-0.1, -0.05) is 23.4 Å². The second-order valence-corrected chi connectivity index (χ2v) is 5.74. The maximum Gasteiger partial charge on any atom is 0.256 e. The van der Waals surface area contributed by atoms with Crippen molar-refractivity contribution in [3.63, 3.8) is 0 Å². The molecule has 0 saturated carbocycles. The number of hydrogen-bond acceptors (Lipinski definition) is 5. The van der Waals surface area contributed by atoms with Gasteiger partial charge in [-0.2, -0.15) is 5.10 Å². The highest BCUT2D eigenvalue weighted by Gasteiger charge is 2.10. The first-order valence-corrected chi connectivity index (χ1v) is 7.90. The van der Waals surface area contributed by atoms with Crippen molar-refractivity contribution in [1.82, 2.24) is 19.7 Å². The molecule has 3 aromatic rings. The van der Waals surface area contributed by atoms with E-state index in [1.54, 1.807) is 18.3 Å². The Hall–Kier alpha value is -1.86. The van der Waals surface area contributed by atoms with Gasteiger partial charge in [0.15, 0.2) is 5.76 Å². The minimum atomic E-state index is -0.471. The Morgan fingerprint density at radius 1 is 1.23 bits per heavy atom. The van der Waals surface area contributed by atoms with Crippen LogP contribution in [0.15, 0.2) is 46.4 Å². The lowest BCUT2D eigenvalue weighted by Gasteiger charge is -2.01. The summed E-state index contributed by atoms with van der Waals surface area (Å²) in [6.45, 7) is -0.266. The van der Waals surface area contributed by atoms with E-state index in [1.807, 2.05) is 12.1 Å². The van der Waals surface area contributed by atoms with Crippen molar-refractivity contribution >= 4 is 23.4 Å². The zero-order valence-corrected chi connectivity index (χ0v) is 13.0. The molecule has 1 aromatic carbocycles. The molecule has 0 spiro atoms. The molecule has 0 aliphatic carbocycles. The summed E-state index contributed by atoms with van der Waals surface area (Å²) in [7, 11) is 0. The van der Waals surface area contributed by atoms with Gasteiger partial charge >= 0.3 is 0 Å². The third-order valence-electron chi connectivity index (χ3n) is 2.93. The van der Waals surface area contributed by atoms with Gasteiger partial charge < -0.3 is 4.42 Å². The number of hydrogen-bond donors (Lipinski definition) is 0. The number of rotatable bonds is 6. The first-order valence-electron chi connectivity index (χ1n) is 6.53. The average molecular weight is 339 g/mol. The van der Waals surface area contributed by atoms with Crippen LogP contribution in [0.2, 0.25) is 5.02 Å². The van der Waals surface area contributed by atoms with Crippen LogP contribution in [0.1, 0.15) is 5.82 Å². The second-order valence-electron chi connectivity index (χ2n) is 4.37. The predicted molar refractivity (Wildman–Crippen MR) is 82.5 cm³/mol. The SMILES string of the molecule is FCCn1ncnc1CSc1ncc(-c2ccc(Cl)cc2)o1. The topological polar surface area (TPSA) is 56.7 Å². The summed E-state index contributed by atoms with van der Waals surface area (Å²) in [6.07, 6.45) is 3.08. The summed E-state index contributed by atoms with van der Waals surface area (Å²) in [5, 5.41) is 5.17. The molecule has 2 aromatic heterocycles. The van der Waals surface area contributed by atoms with E-state index in [0.717, 1.165) is 5.56 Å². The molecule has 0 bridgehead atoms. The van der Waals surface area contributed by atoms with E-state index in [2.05, 4.69) is 15.1 Å². The Morgan fingerprint density at radius 3 is 2.82 bits per heavy atom. The zero-order valence-electron chi connectivity index (χ0n) is 11.4. The largest absolute Gasteiger partial charge is 0.431 e. The van der Waals surface area contributed by atoms with Crippen molar-refractivity contribution in [1.29, 1.82) is 0 Å². The maximum atomic E-state index is 12.4. The predicted octanol–water partition coefficient (Wildman–Crippen LogP) is 3.85. The van der Waals surface area contributed by atoms with Crippen molar-refractivity contribution in [2.75, 3.05) is 6.67 Å². The number of alkyl halides is 1. The third-order valence-corrected chi connectivity index (χ3v) is 4.02. The van der Waals surface area contributed by atoms with E-state index in [4.69, 9.17) is 16.0 Å². The molecule has 5 nitrogen and oxygen atoms in total. The molecular formula is C14H12ClFN4OS. The van der Waals surface area contributed by atoms with Gasteiger partial charge in [0.2, 0.25) is 0 Å². The fraction of sp³-hybridized carbons (Fsp3) is 0.214. The molecule has 8 heteroatoms. The molecule has 114 valence electrons. The van der Waals surface area contributed by atoms with Gasteiger partial charge in [-0.25, -0.2) is 19.0 Å². The second kappa shape index (κ2) is 6.93. The quantitative estimate of drug-likeness (QED) is 0.639. The van der Waals surface area contributed by atoms with Gasteiger partial charge in [0, 0.05) is 10.6 Å². The third kappa shape index (κ3) is 3.48. The normalized spacial score (nSPS) is 11.0. The summed E-state index contributed by atoms with van der Waals surface area (Å²) < 4.78 is 19.6. The molecule has 0 unspecified atom stereocenters. The highest BCUT2D eigenvalue weighted by Crippen LogP contribution is 2.27. The Labute approximate surface area is 135 Å². The Balaban J connectivity index is 1.67. The van der Waals surface area contributed by atoms with Crippen LogP contribution >= 0.6 is 23.4 Å². The van der Waals surface area contributed by atoms with Gasteiger partial charge in [-0.3, -0.25) is 0 Å². The van der Waals surface area contributed by atoms with E-state index >= 15 is 0 Å². The van der Waals surface area contributed by atoms with Crippen molar-refractivity contribution in [3.05, 3.63) is 47.6 Å². The molecule has 3 rings (SSSR count). The summed E-state index contributed by atoms with van der Waals surface area (Å²) in [5.41, 5.74) is 0.907. The lowest BCUT2D eigenvalue weighted by Crippen LogP contribution is -2.06. The summed E-state index contributed by atoms with van der Waals surface area (Å²) in [4.78, 5) is 8.33. The highest BCUT2D eigenvalue weighted by molar-refractivity contribution is 7.98. The van der Waals surface area contributed by atoms with Crippen molar-refractivity contribution < 1.29 is 8.81 Å². The monoisotopic (exact) mass is 338 g/mol. The number of aryl methyl sites for hydroxylation is 1. The smallest absolute Gasteiger partial charge is 0.256 e. The fourth-order valence-corrected chi connectivity index (χ4v) is 2.74. The summed E-state index contributed by atoms with van der Waals surface area (Å²) >= 11 is 7.25. The van der Waals surface area contributed by atoms with Gasteiger partial charge in [0.25, 0.3) is 5.22 Å². The molecule has 0 aliphatic heterocycles. The number of aromatic nitrogens is 4. The number of halogens is 2. The van der Waals surface area contributed by atoms with Crippen LogP contribution in [0, 0.1) is 0 Å². The van der Waals surface area contributed by atoms with Crippen molar-refractivity contribution in [2.45, 2.75) is 17.5 Å². The zero-order chi connectivity index (χ0) is 15.4. The standard InChI is InChI=1S/C14H12ClFN4OS/c15-11-3-1-10(2-4-11)12-7-17-14(21-12)22-8-13-18-9-19-20(13)6-5-16/h1-4,7,9H,5-6,8H2. The van der Waals surface area contributed by atoms with Crippen molar-refractivity contribution in [3.8, 4) is 11.3 Å². The van der Waals surface area contributed by atoms with E-state index in [0.29, 0.717) is 27.6 Å². The van der Waals surface area contributed by atoms with Gasteiger partial charge in [0.05, 0.1) is 18.5 Å². The summed E-state index contributed by atoms with van der Waals surface area (Å²) in [6, 6.07) is 7.33. The lowest BCUT2D eigenvalue weighted by atomic mass is 10.2. The van der Waals surface area contributed by atoms with Crippen molar-refractivity contribution in [2.24, 2.45) is 0 Å². The highest BCUT2D eigenvalue weighted by atomic mass is 35.5. The number of nitrogens with zero attached hydrogens (tertiary/aromatic N) is 4. The van der Waals surface area contributed by atoms with Crippen LogP contribution in [0.4, 0.5) is 4.39 Å². The molecule has 0 atom stereocenters. The van der Waals surface area contributed by atoms with Gasteiger partial charge in [0.1, 0.15) is 18.8 Å². The molecule has 0 saturated heterocycles. The molecule has 22 heavy (non-hydrogen) atoms.